The van der Waals surface area contributed by atoms with Gasteiger partial charge in [-0.15, -0.1) is 5.10 Å². The third-order valence-corrected chi connectivity index (χ3v) is 6.24. The van der Waals surface area contributed by atoms with E-state index in [2.05, 4.69) is 24.1 Å². The Kier molecular flexibility index (Phi) is 9.05. The summed E-state index contributed by atoms with van der Waals surface area (Å²) in [5.41, 5.74) is 2.06. The van der Waals surface area contributed by atoms with Crippen LogP contribution in [0.1, 0.15) is 65.0 Å². The number of fused-ring (bicyclic) bond motifs is 1. The summed E-state index contributed by atoms with van der Waals surface area (Å²) in [6.45, 7) is 8.94. The lowest BCUT2D eigenvalue weighted by Crippen LogP contribution is -2.29. The second kappa shape index (κ2) is 12.0. The molecule has 33 heavy (non-hydrogen) atoms. The van der Waals surface area contributed by atoms with E-state index in [4.69, 9.17) is 19.3 Å². The molecule has 1 unspecified atom stereocenters. The van der Waals surface area contributed by atoms with Gasteiger partial charge in [0.25, 0.3) is 0 Å². The number of methoxy groups -OCH3 is 1. The number of hydrogen-bond acceptors (Lipinski definition) is 8. The topological polar surface area (TPSA) is 87.5 Å². The average molecular weight is 475 g/mol. The molecule has 1 N–H and O–H groups in total. The number of rotatable bonds is 12. The zero-order chi connectivity index (χ0) is 23.8. The molecule has 9 heteroatoms. The first-order valence-electron chi connectivity index (χ1n) is 11.6. The Morgan fingerprint density at radius 1 is 1.18 bits per heavy atom. The molecule has 1 aliphatic rings. The Bertz CT molecular complexity index is 989. The fourth-order valence-corrected chi connectivity index (χ4v) is 4.50. The first kappa shape index (κ1) is 25.0. The molecule has 1 aromatic heterocycles. The third-order valence-electron chi connectivity index (χ3n) is 5.32. The van der Waals surface area contributed by atoms with E-state index >= 15 is 0 Å². The number of carbonyl (C=O) groups is 1. The van der Waals surface area contributed by atoms with Gasteiger partial charge >= 0.3 is 5.97 Å². The van der Waals surface area contributed by atoms with Crippen LogP contribution < -0.4 is 14.8 Å². The molecule has 0 radical (unpaired) electrons. The van der Waals surface area contributed by atoms with Crippen LogP contribution in [0.15, 0.2) is 34.6 Å². The van der Waals surface area contributed by atoms with Gasteiger partial charge in [-0.25, -0.2) is 9.48 Å². The SMILES string of the molecule is CCCCOC(=O)C1=C(C)Nc2nc(SCCCC)nn2C1c1ccc(OCC)c(OC)c1. The predicted octanol–water partition coefficient (Wildman–Crippen LogP) is 5.21. The molecular formula is C24H34N4O4S. The highest BCUT2D eigenvalue weighted by Gasteiger charge is 2.35. The minimum atomic E-state index is -0.493. The van der Waals surface area contributed by atoms with Crippen LogP contribution in [-0.4, -0.2) is 46.8 Å². The van der Waals surface area contributed by atoms with Crippen molar-refractivity contribution >= 4 is 23.7 Å². The fraction of sp³-hybridized carbons (Fsp3) is 0.542. The van der Waals surface area contributed by atoms with Crippen molar-refractivity contribution in [1.29, 1.82) is 0 Å². The number of nitrogens with one attached hydrogen (secondary N) is 1. The number of unbranched alkanes of at least 4 members (excludes halogenated alkanes) is 2. The maximum absolute atomic E-state index is 13.2. The lowest BCUT2D eigenvalue weighted by atomic mass is 9.95. The van der Waals surface area contributed by atoms with Gasteiger partial charge in [-0.2, -0.15) is 4.98 Å². The summed E-state index contributed by atoms with van der Waals surface area (Å²) < 4.78 is 18.6. The molecule has 0 fully saturated rings. The number of ether oxygens (including phenoxy) is 3. The number of nitrogens with zero attached hydrogens (tertiary/aromatic N) is 3. The number of carbonyl (C=O) groups excluding carboxylic acids is 1. The molecule has 0 saturated carbocycles. The van der Waals surface area contributed by atoms with E-state index in [-0.39, 0.29) is 5.97 Å². The van der Waals surface area contributed by atoms with Crippen LogP contribution in [0.25, 0.3) is 0 Å². The maximum atomic E-state index is 13.2. The number of thioether (sulfide) groups is 1. The quantitative estimate of drug-likeness (QED) is 0.255. The standard InChI is InChI=1S/C24H34N4O4S/c1-6-9-13-32-22(29)20-16(4)25-23-26-24(33-14-10-7-2)27-28(23)21(20)17-11-12-18(31-8-3)19(15-17)30-5/h11-12,15,21H,6-10,13-14H2,1-5H3,(H,25,26,27). The van der Waals surface area contributed by atoms with E-state index in [1.54, 1.807) is 23.6 Å². The van der Waals surface area contributed by atoms with Crippen LogP contribution in [0.5, 0.6) is 11.5 Å². The zero-order valence-electron chi connectivity index (χ0n) is 20.1. The molecule has 1 aliphatic heterocycles. The van der Waals surface area contributed by atoms with Crippen LogP contribution in [0, 0.1) is 0 Å². The number of aromatic nitrogens is 3. The van der Waals surface area contributed by atoms with Gasteiger partial charge in [0.1, 0.15) is 6.04 Å². The number of hydrogen-bond donors (Lipinski definition) is 1. The molecule has 2 heterocycles. The Morgan fingerprint density at radius 3 is 2.67 bits per heavy atom. The molecule has 0 amide bonds. The van der Waals surface area contributed by atoms with Gasteiger partial charge in [0.2, 0.25) is 11.1 Å². The first-order valence-corrected chi connectivity index (χ1v) is 12.6. The van der Waals surface area contributed by atoms with Gasteiger partial charge in [-0.05, 0) is 44.4 Å². The van der Waals surface area contributed by atoms with Crippen molar-refractivity contribution in [2.24, 2.45) is 0 Å². The van der Waals surface area contributed by atoms with Gasteiger partial charge in [0, 0.05) is 11.4 Å². The Balaban J connectivity index is 2.04. The molecule has 2 aromatic rings. The Labute approximate surface area is 200 Å². The van der Waals surface area contributed by atoms with Gasteiger partial charge in [-0.1, -0.05) is 44.5 Å². The van der Waals surface area contributed by atoms with Crippen LogP contribution in [0.4, 0.5) is 5.95 Å². The van der Waals surface area contributed by atoms with Crippen molar-refractivity contribution in [2.45, 2.75) is 64.6 Å². The van der Waals surface area contributed by atoms with E-state index in [1.807, 2.05) is 32.0 Å². The van der Waals surface area contributed by atoms with E-state index in [0.717, 1.165) is 37.0 Å². The van der Waals surface area contributed by atoms with E-state index in [1.165, 1.54) is 0 Å². The normalized spacial score (nSPS) is 15.1. The minimum absolute atomic E-state index is 0.354. The molecule has 1 atom stereocenters. The molecule has 0 aliphatic carbocycles. The molecule has 1 aromatic carbocycles. The highest BCUT2D eigenvalue weighted by atomic mass is 32.2. The molecular weight excluding hydrogens is 440 g/mol. The molecule has 0 saturated heterocycles. The van der Waals surface area contributed by atoms with Crippen LogP contribution in [0.3, 0.4) is 0 Å². The van der Waals surface area contributed by atoms with Crippen molar-refractivity contribution in [2.75, 3.05) is 31.4 Å². The Morgan fingerprint density at radius 2 is 1.97 bits per heavy atom. The van der Waals surface area contributed by atoms with E-state index in [9.17, 15) is 4.79 Å². The van der Waals surface area contributed by atoms with Gasteiger partial charge in [-0.3, -0.25) is 0 Å². The van der Waals surface area contributed by atoms with Gasteiger partial charge in [0.05, 0.1) is 25.9 Å². The summed E-state index contributed by atoms with van der Waals surface area (Å²) in [5.74, 6) is 2.45. The second-order valence-electron chi connectivity index (χ2n) is 7.76. The first-order chi connectivity index (χ1) is 16.0. The monoisotopic (exact) mass is 474 g/mol. The van der Waals surface area contributed by atoms with Crippen molar-refractivity contribution < 1.29 is 19.0 Å². The van der Waals surface area contributed by atoms with Gasteiger partial charge < -0.3 is 19.5 Å². The van der Waals surface area contributed by atoms with Crippen LogP contribution >= 0.6 is 11.8 Å². The summed E-state index contributed by atoms with van der Waals surface area (Å²) in [6, 6.07) is 5.20. The summed E-state index contributed by atoms with van der Waals surface area (Å²) >= 11 is 1.62. The smallest absolute Gasteiger partial charge is 0.338 e. The largest absolute Gasteiger partial charge is 0.493 e. The fourth-order valence-electron chi connectivity index (χ4n) is 3.59. The number of esters is 1. The molecule has 3 rings (SSSR count). The lowest BCUT2D eigenvalue weighted by Gasteiger charge is -2.28. The maximum Gasteiger partial charge on any atom is 0.338 e. The van der Waals surface area contributed by atoms with Crippen molar-refractivity contribution in [3.63, 3.8) is 0 Å². The van der Waals surface area contributed by atoms with E-state index < -0.39 is 6.04 Å². The highest BCUT2D eigenvalue weighted by Crippen LogP contribution is 2.39. The number of benzene rings is 1. The van der Waals surface area contributed by atoms with Crippen LogP contribution in [-0.2, 0) is 9.53 Å². The third kappa shape index (κ3) is 5.82. The number of allylic oxidation sites excluding steroid dienone is 1. The number of anilines is 1. The molecule has 0 spiro atoms. The predicted molar refractivity (Wildman–Crippen MR) is 130 cm³/mol. The highest BCUT2D eigenvalue weighted by molar-refractivity contribution is 7.99. The van der Waals surface area contributed by atoms with Crippen LogP contribution in [0.2, 0.25) is 0 Å². The molecule has 0 bridgehead atoms. The Hall–Kier alpha value is -2.68. The van der Waals surface area contributed by atoms with Crippen molar-refractivity contribution in [3.05, 3.63) is 35.0 Å². The minimum Gasteiger partial charge on any atom is -0.493 e. The average Bonchev–Trinajstić information content (AvgIpc) is 3.21. The summed E-state index contributed by atoms with van der Waals surface area (Å²) in [5, 5.41) is 8.68. The second-order valence-corrected chi connectivity index (χ2v) is 8.83. The summed E-state index contributed by atoms with van der Waals surface area (Å²) in [4.78, 5) is 17.8. The van der Waals surface area contributed by atoms with Gasteiger partial charge in [0.15, 0.2) is 11.5 Å². The zero-order valence-corrected chi connectivity index (χ0v) is 21.0. The van der Waals surface area contributed by atoms with Crippen molar-refractivity contribution in [1.82, 2.24) is 14.8 Å². The lowest BCUT2D eigenvalue weighted by molar-refractivity contribution is -0.139. The van der Waals surface area contributed by atoms with E-state index in [0.29, 0.717) is 47.1 Å². The molecule has 8 nitrogen and oxygen atoms in total. The summed E-state index contributed by atoms with van der Waals surface area (Å²) in [7, 11) is 1.61. The van der Waals surface area contributed by atoms with Crippen molar-refractivity contribution in [3.8, 4) is 11.5 Å². The summed E-state index contributed by atoms with van der Waals surface area (Å²) in [6.07, 6.45) is 3.98. The molecule has 180 valence electrons.